The third-order valence-corrected chi connectivity index (χ3v) is 0.554. The molecule has 5 nitrogen and oxygen atoms in total. The van der Waals surface area contributed by atoms with E-state index in [4.69, 9.17) is 0 Å². The van der Waals surface area contributed by atoms with Crippen molar-refractivity contribution in [1.29, 1.82) is 0 Å². The largest absolute Gasteiger partial charge is 0.276 e. The van der Waals surface area contributed by atoms with Crippen LogP contribution in [0.1, 0.15) is 0 Å². The summed E-state index contributed by atoms with van der Waals surface area (Å²) in [5.41, 5.74) is 0. The first-order valence-corrected chi connectivity index (χ1v) is 2.25. The number of amides is 2. The van der Waals surface area contributed by atoms with Crippen molar-refractivity contribution in [2.24, 2.45) is 0 Å². The molecule has 2 amide bonds. The van der Waals surface area contributed by atoms with Gasteiger partial charge >= 0.3 is 0 Å². The maximum atomic E-state index is 9.81. The fraction of sp³-hybridized carbons (Fsp3) is 0.500. The van der Waals surface area contributed by atoms with E-state index in [2.05, 4.69) is 4.94 Å². The first-order chi connectivity index (χ1) is 4.20. The Morgan fingerprint density at radius 1 is 1.11 bits per heavy atom. The lowest BCUT2D eigenvalue weighted by atomic mass is 11.1. The SMILES string of the molecule is CN(C=O)ON(C)C=O. The molecular weight excluding hydrogens is 124 g/mol. The number of hydrogen-bond acceptors (Lipinski definition) is 3. The Balaban J connectivity index is 3.45. The smallest absolute Gasteiger partial charge is 0.235 e. The van der Waals surface area contributed by atoms with Crippen molar-refractivity contribution in [3.63, 3.8) is 0 Å². The van der Waals surface area contributed by atoms with Gasteiger partial charge in [0, 0.05) is 14.1 Å². The molecule has 52 valence electrons. The van der Waals surface area contributed by atoms with Crippen LogP contribution in [0.4, 0.5) is 0 Å². The monoisotopic (exact) mass is 132 g/mol. The predicted molar refractivity (Wildman–Crippen MR) is 28.7 cm³/mol. The van der Waals surface area contributed by atoms with Crippen LogP contribution in [0.3, 0.4) is 0 Å². The molecule has 0 N–H and O–H groups in total. The lowest BCUT2D eigenvalue weighted by molar-refractivity contribution is -0.266. The summed E-state index contributed by atoms with van der Waals surface area (Å²) in [6.07, 6.45) is 0.889. The Hall–Kier alpha value is -1.10. The quantitative estimate of drug-likeness (QED) is 0.364. The molecule has 0 aromatic heterocycles. The average Bonchev–Trinajstić information content (AvgIpc) is 1.87. The van der Waals surface area contributed by atoms with Crippen molar-refractivity contribution in [2.45, 2.75) is 0 Å². The highest BCUT2D eigenvalue weighted by molar-refractivity contribution is 5.46. The molecule has 0 aromatic rings. The van der Waals surface area contributed by atoms with Gasteiger partial charge in [0.25, 0.3) is 0 Å². The van der Waals surface area contributed by atoms with Gasteiger partial charge in [-0.2, -0.15) is 0 Å². The normalized spacial score (nSPS) is 8.22. The summed E-state index contributed by atoms with van der Waals surface area (Å²) in [6.45, 7) is 0. The summed E-state index contributed by atoms with van der Waals surface area (Å²) >= 11 is 0. The van der Waals surface area contributed by atoms with E-state index in [-0.39, 0.29) is 0 Å². The van der Waals surface area contributed by atoms with E-state index in [1.54, 1.807) is 0 Å². The van der Waals surface area contributed by atoms with Crippen LogP contribution in [0.25, 0.3) is 0 Å². The third-order valence-electron chi connectivity index (χ3n) is 0.554. The molecule has 0 bridgehead atoms. The van der Waals surface area contributed by atoms with Crippen molar-refractivity contribution in [1.82, 2.24) is 10.1 Å². The van der Waals surface area contributed by atoms with E-state index in [0.717, 1.165) is 10.1 Å². The highest BCUT2D eigenvalue weighted by Gasteiger charge is 1.95. The minimum atomic E-state index is 0.444. The molecule has 9 heavy (non-hydrogen) atoms. The summed E-state index contributed by atoms with van der Waals surface area (Å²) in [6, 6.07) is 0. The maximum Gasteiger partial charge on any atom is 0.235 e. The molecular formula is C4H8N2O3. The lowest BCUT2D eigenvalue weighted by Crippen LogP contribution is -2.27. The van der Waals surface area contributed by atoms with E-state index in [9.17, 15) is 9.59 Å². The second kappa shape index (κ2) is 3.85. The number of hydrogen-bond donors (Lipinski definition) is 0. The summed E-state index contributed by atoms with van der Waals surface area (Å²) < 4.78 is 0. The second-order valence-corrected chi connectivity index (χ2v) is 1.38. The van der Waals surface area contributed by atoms with Gasteiger partial charge in [-0.25, -0.2) is 10.1 Å². The zero-order chi connectivity index (χ0) is 7.28. The van der Waals surface area contributed by atoms with Crippen LogP contribution < -0.4 is 0 Å². The van der Waals surface area contributed by atoms with Gasteiger partial charge in [-0.1, -0.05) is 0 Å². The Morgan fingerprint density at radius 3 is 1.67 bits per heavy atom. The molecule has 0 spiro atoms. The zero-order valence-corrected chi connectivity index (χ0v) is 5.27. The molecule has 0 aliphatic carbocycles. The van der Waals surface area contributed by atoms with Gasteiger partial charge in [0.2, 0.25) is 12.8 Å². The molecule has 0 atom stereocenters. The summed E-state index contributed by atoms with van der Waals surface area (Å²) in [5, 5.41) is 1.74. The molecule has 0 saturated carbocycles. The summed E-state index contributed by atoms with van der Waals surface area (Å²) in [5.74, 6) is 0. The zero-order valence-electron chi connectivity index (χ0n) is 5.27. The van der Waals surface area contributed by atoms with E-state index in [0.29, 0.717) is 12.8 Å². The highest BCUT2D eigenvalue weighted by Crippen LogP contribution is 1.80. The fourth-order valence-electron chi connectivity index (χ4n) is 0.242. The van der Waals surface area contributed by atoms with Gasteiger partial charge in [0.1, 0.15) is 0 Å². The molecule has 0 heterocycles. The number of rotatable bonds is 4. The first-order valence-electron chi connectivity index (χ1n) is 2.25. The third kappa shape index (κ3) is 3.48. The van der Waals surface area contributed by atoms with E-state index in [1.807, 2.05) is 0 Å². The van der Waals surface area contributed by atoms with E-state index < -0.39 is 0 Å². The second-order valence-electron chi connectivity index (χ2n) is 1.38. The molecule has 0 fully saturated rings. The van der Waals surface area contributed by atoms with Crippen LogP contribution in [-0.2, 0) is 14.5 Å². The van der Waals surface area contributed by atoms with Crippen LogP contribution >= 0.6 is 0 Å². The highest BCUT2D eigenvalue weighted by atomic mass is 16.8. The van der Waals surface area contributed by atoms with Crippen molar-refractivity contribution in [2.75, 3.05) is 14.1 Å². The Morgan fingerprint density at radius 2 is 1.44 bits per heavy atom. The number of carbonyl (C=O) groups excluding carboxylic acids is 2. The fourth-order valence-corrected chi connectivity index (χ4v) is 0.242. The molecule has 0 aromatic carbocycles. The Kier molecular flexibility index (Phi) is 3.38. The minimum absolute atomic E-state index is 0.444. The van der Waals surface area contributed by atoms with Gasteiger partial charge in [-0.3, -0.25) is 9.59 Å². The molecule has 0 rings (SSSR count). The lowest BCUT2D eigenvalue weighted by Gasteiger charge is -2.14. The molecule has 0 radical (unpaired) electrons. The minimum Gasteiger partial charge on any atom is -0.276 e. The Labute approximate surface area is 52.7 Å². The maximum absolute atomic E-state index is 9.81. The van der Waals surface area contributed by atoms with E-state index >= 15 is 0 Å². The topological polar surface area (TPSA) is 49.9 Å². The first kappa shape index (κ1) is 7.90. The van der Waals surface area contributed by atoms with Crippen LogP contribution in [0.15, 0.2) is 0 Å². The van der Waals surface area contributed by atoms with Crippen molar-refractivity contribution in [3.05, 3.63) is 0 Å². The molecule has 0 aliphatic rings. The van der Waals surface area contributed by atoms with Crippen molar-refractivity contribution in [3.8, 4) is 0 Å². The molecule has 0 aliphatic heterocycles. The standard InChI is InChI=1S/C4H8N2O3/c1-5(3-7)9-6(2)4-8/h3-4H,1-2H3. The van der Waals surface area contributed by atoms with Crippen LogP contribution in [-0.4, -0.2) is 37.0 Å². The van der Waals surface area contributed by atoms with Gasteiger partial charge in [0.15, 0.2) is 0 Å². The summed E-state index contributed by atoms with van der Waals surface area (Å²) in [7, 11) is 2.76. The van der Waals surface area contributed by atoms with Crippen molar-refractivity contribution < 1.29 is 14.5 Å². The van der Waals surface area contributed by atoms with Gasteiger partial charge in [0.05, 0.1) is 0 Å². The predicted octanol–water partition coefficient (Wildman–Crippen LogP) is -0.991. The number of carbonyl (C=O) groups is 2. The van der Waals surface area contributed by atoms with Gasteiger partial charge in [-0.05, 0) is 0 Å². The Bertz CT molecular complexity index is 94.0. The van der Waals surface area contributed by atoms with Crippen LogP contribution in [0.5, 0.6) is 0 Å². The molecule has 0 unspecified atom stereocenters. The number of hydroxylamine groups is 4. The van der Waals surface area contributed by atoms with Gasteiger partial charge < -0.3 is 0 Å². The van der Waals surface area contributed by atoms with E-state index in [1.165, 1.54) is 14.1 Å². The molecule has 0 saturated heterocycles. The average molecular weight is 132 g/mol. The van der Waals surface area contributed by atoms with Gasteiger partial charge in [-0.15, -0.1) is 4.94 Å². The van der Waals surface area contributed by atoms with Crippen LogP contribution in [0, 0.1) is 0 Å². The molecule has 5 heteroatoms. The van der Waals surface area contributed by atoms with Crippen LogP contribution in [0.2, 0.25) is 0 Å². The van der Waals surface area contributed by atoms with Crippen molar-refractivity contribution >= 4 is 12.8 Å². The number of nitrogens with zero attached hydrogens (tertiary/aromatic N) is 2. The summed E-state index contributed by atoms with van der Waals surface area (Å²) in [4.78, 5) is 24.1.